The summed E-state index contributed by atoms with van der Waals surface area (Å²) in [6.45, 7) is 3.84. The van der Waals surface area contributed by atoms with E-state index >= 15 is 0 Å². The van der Waals surface area contributed by atoms with Crippen molar-refractivity contribution < 1.29 is 56.2 Å². The highest BCUT2D eigenvalue weighted by molar-refractivity contribution is 7.80. The lowest BCUT2D eigenvalue weighted by atomic mass is 9.99. The molecule has 0 aromatic carbocycles. The Morgan fingerprint density at radius 1 is 0.591 bits per heavy atom. The summed E-state index contributed by atoms with van der Waals surface area (Å²) in [4.78, 5) is 12.9. The van der Waals surface area contributed by atoms with Gasteiger partial charge in [0.25, 0.3) is 0 Å². The van der Waals surface area contributed by atoms with Gasteiger partial charge in [-0.3, -0.25) is 9.35 Å². The van der Waals surface area contributed by atoms with Gasteiger partial charge in [0.05, 0.1) is 19.8 Å². The molecule has 1 aliphatic heterocycles. The molecule has 1 saturated heterocycles. The maximum atomic E-state index is 12.9. The maximum Gasteiger partial charge on any atom is 0.397 e. The van der Waals surface area contributed by atoms with Gasteiger partial charge in [0.2, 0.25) is 0 Å². The maximum absolute atomic E-state index is 12.9. The molecule has 0 radical (unpaired) electrons. The van der Waals surface area contributed by atoms with Crippen LogP contribution in [0, 0.1) is 0 Å². The molecule has 66 heavy (non-hydrogen) atoms. The topological polar surface area (TPSA) is 178 Å². The van der Waals surface area contributed by atoms with Gasteiger partial charge in [-0.1, -0.05) is 191 Å². The van der Waals surface area contributed by atoms with E-state index in [1.54, 1.807) is 0 Å². The van der Waals surface area contributed by atoms with Crippen molar-refractivity contribution in [1.82, 2.24) is 0 Å². The molecular formula is C53H96O12S. The van der Waals surface area contributed by atoms with E-state index in [-0.39, 0.29) is 19.6 Å². The van der Waals surface area contributed by atoms with Crippen LogP contribution in [0.25, 0.3) is 0 Å². The average molecular weight is 957 g/mol. The standard InChI is InChI=1S/C53H96O12S/c1-3-5-7-9-11-13-15-17-19-20-21-22-23-24-25-26-27-28-29-30-32-34-36-38-40-42-49(55)63-47(45-61-43-41-39-37-35-33-31-18-16-14-12-10-8-6-4-2)46-62-53-51(57)52(65-66(58,59)60)50(56)48(44-54)64-53/h6,8,12,14,18,20-21,31,47-48,50-54,56-57H,3-5,7,9-11,13,15-17,19,22-30,32-46H2,1-2H3,(H,58,59,60)/b8-6-,14-12-,21-20-,31-18-. The lowest BCUT2D eigenvalue weighted by Gasteiger charge is -2.41. The van der Waals surface area contributed by atoms with Crippen LogP contribution in [-0.2, 0) is 38.3 Å². The first-order valence-corrected chi connectivity index (χ1v) is 27.8. The van der Waals surface area contributed by atoms with Crippen molar-refractivity contribution in [3.8, 4) is 0 Å². The number of carbonyl (C=O) groups is 1. The number of carbonyl (C=O) groups excluding carboxylic acids is 1. The number of esters is 1. The first-order valence-electron chi connectivity index (χ1n) is 26.4. The van der Waals surface area contributed by atoms with Crippen LogP contribution in [0.15, 0.2) is 48.6 Å². The lowest BCUT2D eigenvalue weighted by Crippen LogP contribution is -2.60. The van der Waals surface area contributed by atoms with Crippen molar-refractivity contribution in [3.63, 3.8) is 0 Å². The van der Waals surface area contributed by atoms with Crippen LogP contribution in [0.5, 0.6) is 0 Å². The molecule has 12 nitrogen and oxygen atoms in total. The number of unbranched alkanes of at least 4 members (excludes halogenated alkanes) is 25. The highest BCUT2D eigenvalue weighted by Crippen LogP contribution is 2.26. The molecule has 0 spiro atoms. The minimum atomic E-state index is -5.07. The van der Waals surface area contributed by atoms with Gasteiger partial charge in [-0.05, 0) is 70.6 Å². The van der Waals surface area contributed by atoms with Gasteiger partial charge in [-0.25, -0.2) is 4.18 Å². The molecule has 0 amide bonds. The molecule has 1 fully saturated rings. The van der Waals surface area contributed by atoms with E-state index in [0.29, 0.717) is 13.0 Å². The Kier molecular flexibility index (Phi) is 41.6. The van der Waals surface area contributed by atoms with Gasteiger partial charge < -0.3 is 34.3 Å². The summed E-state index contributed by atoms with van der Waals surface area (Å²) in [5.74, 6) is -0.407. The van der Waals surface area contributed by atoms with Crippen molar-refractivity contribution in [2.75, 3.05) is 26.4 Å². The molecule has 0 aromatic heterocycles. The molecule has 1 rings (SSSR count). The predicted molar refractivity (Wildman–Crippen MR) is 266 cm³/mol. The Bertz CT molecular complexity index is 1340. The molecule has 0 aliphatic carbocycles. The van der Waals surface area contributed by atoms with Crippen LogP contribution in [0.4, 0.5) is 0 Å². The number of aliphatic hydroxyl groups is 3. The summed E-state index contributed by atoms with van der Waals surface area (Å²) in [7, 11) is -5.07. The van der Waals surface area contributed by atoms with Crippen molar-refractivity contribution in [3.05, 3.63) is 48.6 Å². The number of hydrogen-bond acceptors (Lipinski definition) is 11. The number of aliphatic hydroxyl groups excluding tert-OH is 3. The molecule has 1 heterocycles. The molecule has 6 unspecified atom stereocenters. The van der Waals surface area contributed by atoms with Crippen LogP contribution >= 0.6 is 0 Å². The molecule has 0 aromatic rings. The monoisotopic (exact) mass is 957 g/mol. The fourth-order valence-electron chi connectivity index (χ4n) is 7.98. The third-order valence-corrected chi connectivity index (χ3v) is 12.4. The molecule has 0 bridgehead atoms. The molecule has 4 N–H and O–H groups in total. The van der Waals surface area contributed by atoms with Gasteiger partial charge >= 0.3 is 16.4 Å². The molecular weight excluding hydrogens is 861 g/mol. The first kappa shape index (κ1) is 62.1. The van der Waals surface area contributed by atoms with E-state index in [9.17, 15) is 33.1 Å². The third kappa shape index (κ3) is 37.0. The van der Waals surface area contributed by atoms with E-state index in [2.05, 4.69) is 66.6 Å². The zero-order valence-corrected chi connectivity index (χ0v) is 42.3. The Balaban J connectivity index is 2.31. The van der Waals surface area contributed by atoms with E-state index < -0.39 is 59.8 Å². The van der Waals surface area contributed by atoms with Crippen molar-refractivity contribution in [1.29, 1.82) is 0 Å². The minimum absolute atomic E-state index is 0.0210. The number of hydrogen-bond donors (Lipinski definition) is 4. The van der Waals surface area contributed by atoms with E-state index in [0.717, 1.165) is 70.6 Å². The average Bonchev–Trinajstić information content (AvgIpc) is 3.29. The van der Waals surface area contributed by atoms with Gasteiger partial charge in [-0.15, -0.1) is 0 Å². The summed E-state index contributed by atoms with van der Waals surface area (Å²) >= 11 is 0. The van der Waals surface area contributed by atoms with E-state index in [4.69, 9.17) is 18.9 Å². The van der Waals surface area contributed by atoms with Gasteiger partial charge in [0.15, 0.2) is 6.29 Å². The lowest BCUT2D eigenvalue weighted by molar-refractivity contribution is -0.301. The normalized spacial score (nSPS) is 19.9. The molecule has 1 aliphatic rings. The van der Waals surface area contributed by atoms with Crippen molar-refractivity contribution >= 4 is 16.4 Å². The zero-order chi connectivity index (χ0) is 48.2. The fourth-order valence-corrected chi connectivity index (χ4v) is 8.49. The highest BCUT2D eigenvalue weighted by atomic mass is 32.3. The van der Waals surface area contributed by atoms with Crippen molar-refractivity contribution in [2.45, 2.75) is 256 Å². The fraction of sp³-hybridized carbons (Fsp3) is 0.830. The Morgan fingerprint density at radius 2 is 1.05 bits per heavy atom. The zero-order valence-electron chi connectivity index (χ0n) is 41.5. The van der Waals surface area contributed by atoms with Crippen LogP contribution in [0.3, 0.4) is 0 Å². The molecule has 13 heteroatoms. The molecule has 6 atom stereocenters. The summed E-state index contributed by atoms with van der Waals surface area (Å²) in [5, 5.41) is 30.7. The SMILES string of the molecule is CC/C=C\C/C=C\C/C=C\CCCCCCOCC(COC1OC(CO)C(O)C(OS(=O)(=O)O)C1O)OC(=O)CCCCCCCCCCCCCCC/C=C\CCCCCCCCCC. The quantitative estimate of drug-likeness (QED) is 0.0197. The van der Waals surface area contributed by atoms with Gasteiger partial charge in [-0.2, -0.15) is 8.42 Å². The summed E-state index contributed by atoms with van der Waals surface area (Å²) < 4.78 is 59.2. The van der Waals surface area contributed by atoms with Gasteiger partial charge in [0.1, 0.15) is 30.5 Å². The van der Waals surface area contributed by atoms with Crippen LogP contribution in [0.2, 0.25) is 0 Å². The van der Waals surface area contributed by atoms with Gasteiger partial charge in [0, 0.05) is 13.0 Å². The van der Waals surface area contributed by atoms with Crippen LogP contribution in [-0.4, -0.2) is 97.5 Å². The second kappa shape index (κ2) is 44.3. The van der Waals surface area contributed by atoms with Crippen LogP contribution < -0.4 is 0 Å². The predicted octanol–water partition coefficient (Wildman–Crippen LogP) is 12.3. The largest absolute Gasteiger partial charge is 0.457 e. The Hall–Kier alpha value is -1.94. The van der Waals surface area contributed by atoms with Crippen molar-refractivity contribution in [2.24, 2.45) is 0 Å². The summed E-state index contributed by atoms with van der Waals surface area (Å²) in [5.41, 5.74) is 0. The third-order valence-electron chi connectivity index (χ3n) is 11.9. The second-order valence-electron chi connectivity index (χ2n) is 18.1. The first-order chi connectivity index (χ1) is 32.1. The number of ether oxygens (including phenoxy) is 4. The van der Waals surface area contributed by atoms with E-state index in [1.165, 1.54) is 122 Å². The summed E-state index contributed by atoms with van der Waals surface area (Å²) in [6, 6.07) is 0. The Labute approximate surface area is 402 Å². The molecule has 386 valence electrons. The smallest absolute Gasteiger partial charge is 0.397 e. The summed E-state index contributed by atoms with van der Waals surface area (Å²) in [6.07, 6.45) is 45.9. The van der Waals surface area contributed by atoms with E-state index in [1.807, 2.05) is 0 Å². The minimum Gasteiger partial charge on any atom is -0.457 e. The molecule has 0 saturated carbocycles. The Morgan fingerprint density at radius 3 is 1.55 bits per heavy atom. The number of rotatable bonds is 46. The highest BCUT2D eigenvalue weighted by Gasteiger charge is 2.48. The number of allylic oxidation sites excluding steroid dienone is 8. The second-order valence-corrected chi connectivity index (χ2v) is 19.1. The van der Waals surface area contributed by atoms with Crippen LogP contribution in [0.1, 0.15) is 219 Å².